The molecule has 2 rings (SSSR count). The van der Waals surface area contributed by atoms with Gasteiger partial charge in [0.15, 0.2) is 0 Å². The number of ether oxygens (including phenoxy) is 3. The molecule has 0 aromatic rings. The Balaban J connectivity index is 1.85. The van der Waals surface area contributed by atoms with E-state index < -0.39 is 0 Å². The van der Waals surface area contributed by atoms with E-state index in [1.807, 2.05) is 4.90 Å². The largest absolute Gasteiger partial charge is 0.382 e. The van der Waals surface area contributed by atoms with Crippen molar-refractivity contribution in [2.24, 2.45) is 5.73 Å². The molecule has 0 spiro atoms. The topological polar surface area (TPSA) is 74.0 Å². The number of methoxy groups -OCH3 is 1. The number of morpholine rings is 1. The van der Waals surface area contributed by atoms with Gasteiger partial charge in [0.1, 0.15) is 6.10 Å². The molecule has 1 unspecified atom stereocenters. The average molecular weight is 258 g/mol. The van der Waals surface area contributed by atoms with Crippen molar-refractivity contribution in [1.82, 2.24) is 4.90 Å². The summed E-state index contributed by atoms with van der Waals surface area (Å²) < 4.78 is 16.2. The molecule has 1 amide bonds. The summed E-state index contributed by atoms with van der Waals surface area (Å²) >= 11 is 0. The lowest BCUT2D eigenvalue weighted by atomic mass is 10.1. The normalized spacial score (nSPS) is 32.8. The second kappa shape index (κ2) is 6.47. The maximum atomic E-state index is 12.3. The third-order valence-corrected chi connectivity index (χ3v) is 3.45. The minimum absolute atomic E-state index is 0.0283. The zero-order chi connectivity index (χ0) is 13.0. The molecular weight excluding hydrogens is 236 g/mol. The highest BCUT2D eigenvalue weighted by molar-refractivity contribution is 5.81. The number of hydrogen-bond acceptors (Lipinski definition) is 5. The quantitative estimate of drug-likeness (QED) is 0.726. The minimum Gasteiger partial charge on any atom is -0.382 e. The van der Waals surface area contributed by atoms with E-state index in [9.17, 15) is 4.79 Å². The molecule has 18 heavy (non-hydrogen) atoms. The smallest absolute Gasteiger partial charge is 0.251 e. The summed E-state index contributed by atoms with van der Waals surface area (Å²) in [4.78, 5) is 14.1. The van der Waals surface area contributed by atoms with Crippen LogP contribution in [0.15, 0.2) is 0 Å². The van der Waals surface area contributed by atoms with Crippen LogP contribution in [0.25, 0.3) is 0 Å². The van der Waals surface area contributed by atoms with Crippen molar-refractivity contribution >= 4 is 5.91 Å². The zero-order valence-electron chi connectivity index (χ0n) is 10.8. The molecule has 6 heteroatoms. The van der Waals surface area contributed by atoms with E-state index in [2.05, 4.69) is 0 Å². The Labute approximate surface area is 107 Å². The molecule has 2 saturated heterocycles. The molecule has 2 heterocycles. The van der Waals surface area contributed by atoms with Crippen LogP contribution in [-0.2, 0) is 19.0 Å². The predicted octanol–water partition coefficient (Wildman–Crippen LogP) is -0.633. The molecule has 2 aliphatic heterocycles. The Hall–Kier alpha value is -0.690. The van der Waals surface area contributed by atoms with Crippen LogP contribution in [0.5, 0.6) is 0 Å². The first-order valence-electron chi connectivity index (χ1n) is 6.49. The Morgan fingerprint density at radius 3 is 2.94 bits per heavy atom. The van der Waals surface area contributed by atoms with Crippen LogP contribution in [0, 0.1) is 0 Å². The number of carbonyl (C=O) groups is 1. The molecule has 104 valence electrons. The lowest BCUT2D eigenvalue weighted by Crippen LogP contribution is -2.50. The lowest BCUT2D eigenvalue weighted by Gasteiger charge is -2.34. The summed E-state index contributed by atoms with van der Waals surface area (Å²) in [7, 11) is 1.63. The van der Waals surface area contributed by atoms with Crippen molar-refractivity contribution < 1.29 is 19.0 Å². The maximum absolute atomic E-state index is 12.3. The van der Waals surface area contributed by atoms with E-state index in [1.165, 1.54) is 0 Å². The first-order chi connectivity index (χ1) is 8.74. The summed E-state index contributed by atoms with van der Waals surface area (Å²) in [5.74, 6) is 0.0651. The molecule has 2 N–H and O–H groups in total. The molecule has 0 radical (unpaired) electrons. The molecule has 0 aromatic carbocycles. The molecule has 0 saturated carbocycles. The number of hydrogen-bond donors (Lipinski definition) is 1. The number of rotatable bonds is 4. The first-order valence-corrected chi connectivity index (χ1v) is 6.49. The fourth-order valence-electron chi connectivity index (χ4n) is 2.47. The van der Waals surface area contributed by atoms with E-state index >= 15 is 0 Å². The number of nitrogens with two attached hydrogens (primary N) is 1. The molecule has 6 nitrogen and oxygen atoms in total. The van der Waals surface area contributed by atoms with E-state index in [0.29, 0.717) is 32.8 Å². The maximum Gasteiger partial charge on any atom is 0.251 e. The molecule has 2 fully saturated rings. The number of nitrogens with zero attached hydrogens (tertiary/aromatic N) is 1. The predicted molar refractivity (Wildman–Crippen MR) is 65.1 cm³/mol. The van der Waals surface area contributed by atoms with Gasteiger partial charge in [0, 0.05) is 26.7 Å². The molecule has 0 bridgehead atoms. The van der Waals surface area contributed by atoms with Gasteiger partial charge in [-0.25, -0.2) is 0 Å². The van der Waals surface area contributed by atoms with Crippen LogP contribution in [0.1, 0.15) is 12.8 Å². The van der Waals surface area contributed by atoms with Gasteiger partial charge in [0.05, 0.1) is 25.4 Å². The van der Waals surface area contributed by atoms with Crippen molar-refractivity contribution in [2.45, 2.75) is 31.2 Å². The summed E-state index contributed by atoms with van der Waals surface area (Å²) in [6.07, 6.45) is 1.33. The van der Waals surface area contributed by atoms with Crippen LogP contribution < -0.4 is 5.73 Å². The van der Waals surface area contributed by atoms with Crippen LogP contribution in [0.4, 0.5) is 0 Å². The second-order valence-electron chi connectivity index (χ2n) is 4.79. The molecule has 0 aromatic heterocycles. The van der Waals surface area contributed by atoms with Gasteiger partial charge in [-0.05, 0) is 12.8 Å². The van der Waals surface area contributed by atoms with Crippen LogP contribution in [0.3, 0.4) is 0 Å². The van der Waals surface area contributed by atoms with Crippen molar-refractivity contribution in [3.8, 4) is 0 Å². The van der Waals surface area contributed by atoms with Crippen LogP contribution in [-0.4, -0.2) is 69.1 Å². The number of carbonyl (C=O) groups excluding carboxylic acids is 1. The van der Waals surface area contributed by atoms with Gasteiger partial charge in [-0.1, -0.05) is 0 Å². The fraction of sp³-hybridized carbons (Fsp3) is 0.917. The Morgan fingerprint density at radius 1 is 1.44 bits per heavy atom. The first kappa shape index (κ1) is 13.7. The zero-order valence-corrected chi connectivity index (χ0v) is 10.8. The molecule has 0 aliphatic carbocycles. The third-order valence-electron chi connectivity index (χ3n) is 3.45. The summed E-state index contributed by atoms with van der Waals surface area (Å²) in [6.45, 7) is 2.78. The molecule has 3 atom stereocenters. The van der Waals surface area contributed by atoms with Crippen LogP contribution in [0.2, 0.25) is 0 Å². The highest BCUT2D eigenvalue weighted by Crippen LogP contribution is 2.21. The Bertz CT molecular complexity index is 285. The SMILES string of the molecule is COCC1CN(C(=O)[C@@H]2CC[C@H](CN)O2)CCO1. The summed E-state index contributed by atoms with van der Waals surface area (Å²) in [6, 6.07) is 0. The summed E-state index contributed by atoms with van der Waals surface area (Å²) in [5, 5.41) is 0. The van der Waals surface area contributed by atoms with E-state index in [0.717, 1.165) is 12.8 Å². The Morgan fingerprint density at radius 2 is 2.28 bits per heavy atom. The van der Waals surface area contributed by atoms with Crippen molar-refractivity contribution in [2.75, 3.05) is 40.0 Å². The Kier molecular flexibility index (Phi) is 4.94. The van der Waals surface area contributed by atoms with Gasteiger partial charge < -0.3 is 24.8 Å². The highest BCUT2D eigenvalue weighted by Gasteiger charge is 2.34. The van der Waals surface area contributed by atoms with E-state index in [-0.39, 0.29) is 24.2 Å². The molecular formula is C12H22N2O4. The third kappa shape index (κ3) is 3.20. The standard InChI is InChI=1S/C12H22N2O4/c1-16-8-10-7-14(4-5-17-10)12(15)11-3-2-9(6-13)18-11/h9-11H,2-8,13H2,1H3/t9-,10?,11+/m1/s1. The van der Waals surface area contributed by atoms with E-state index in [4.69, 9.17) is 19.9 Å². The lowest BCUT2D eigenvalue weighted by molar-refractivity contribution is -0.151. The van der Waals surface area contributed by atoms with Gasteiger partial charge in [-0.2, -0.15) is 0 Å². The fourth-order valence-corrected chi connectivity index (χ4v) is 2.47. The highest BCUT2D eigenvalue weighted by atomic mass is 16.5. The monoisotopic (exact) mass is 258 g/mol. The van der Waals surface area contributed by atoms with Crippen molar-refractivity contribution in [3.05, 3.63) is 0 Å². The summed E-state index contributed by atoms with van der Waals surface area (Å²) in [5.41, 5.74) is 5.55. The van der Waals surface area contributed by atoms with Crippen molar-refractivity contribution in [3.63, 3.8) is 0 Å². The van der Waals surface area contributed by atoms with Gasteiger partial charge in [-0.15, -0.1) is 0 Å². The van der Waals surface area contributed by atoms with Crippen LogP contribution >= 0.6 is 0 Å². The minimum atomic E-state index is -0.320. The van der Waals surface area contributed by atoms with Crippen molar-refractivity contribution in [1.29, 1.82) is 0 Å². The van der Waals surface area contributed by atoms with Gasteiger partial charge in [0.2, 0.25) is 0 Å². The van der Waals surface area contributed by atoms with Gasteiger partial charge in [0.25, 0.3) is 5.91 Å². The van der Waals surface area contributed by atoms with E-state index in [1.54, 1.807) is 7.11 Å². The average Bonchev–Trinajstić information content (AvgIpc) is 2.87. The molecule has 2 aliphatic rings. The van der Waals surface area contributed by atoms with Gasteiger partial charge >= 0.3 is 0 Å². The van der Waals surface area contributed by atoms with Gasteiger partial charge in [-0.3, -0.25) is 4.79 Å². The second-order valence-corrected chi connectivity index (χ2v) is 4.79. The number of amides is 1.